The molecule has 2 aliphatic rings. The highest BCUT2D eigenvalue weighted by Gasteiger charge is 2.40. The normalized spacial score (nSPS) is 30.3. The standard InChI is InChI=1S/C15H21N/c1-16-12-5-4-10-15(16)11-6-8-13-7-2-3-9-14(13)15/h2-3,7,9H,4-6,8,10-12H2,1H3. The van der Waals surface area contributed by atoms with Crippen LogP contribution in [0.15, 0.2) is 24.3 Å². The van der Waals surface area contributed by atoms with E-state index >= 15 is 0 Å². The molecule has 1 spiro atoms. The molecule has 1 aliphatic heterocycles. The molecule has 0 N–H and O–H groups in total. The highest BCUT2D eigenvalue weighted by atomic mass is 15.2. The first-order valence-corrected chi connectivity index (χ1v) is 6.63. The molecule has 86 valence electrons. The fourth-order valence-corrected chi connectivity index (χ4v) is 3.73. The Bertz CT molecular complexity index is 385. The van der Waals surface area contributed by atoms with Gasteiger partial charge in [0.1, 0.15) is 0 Å². The summed E-state index contributed by atoms with van der Waals surface area (Å²) < 4.78 is 0. The van der Waals surface area contributed by atoms with Crippen LogP contribution in [-0.2, 0) is 12.0 Å². The van der Waals surface area contributed by atoms with Crippen LogP contribution in [0, 0.1) is 0 Å². The number of fused-ring (bicyclic) bond motifs is 2. The Balaban J connectivity index is 2.08. The van der Waals surface area contributed by atoms with Gasteiger partial charge in [0.25, 0.3) is 0 Å². The third-order valence-corrected chi connectivity index (χ3v) is 4.62. The van der Waals surface area contributed by atoms with Crippen LogP contribution < -0.4 is 0 Å². The van der Waals surface area contributed by atoms with Gasteiger partial charge < -0.3 is 0 Å². The summed E-state index contributed by atoms with van der Waals surface area (Å²) in [6.07, 6.45) is 8.15. The van der Waals surface area contributed by atoms with Gasteiger partial charge in [0.15, 0.2) is 0 Å². The zero-order valence-electron chi connectivity index (χ0n) is 10.2. The maximum absolute atomic E-state index is 2.62. The van der Waals surface area contributed by atoms with Crippen molar-refractivity contribution in [1.29, 1.82) is 0 Å². The summed E-state index contributed by atoms with van der Waals surface area (Å²) >= 11 is 0. The van der Waals surface area contributed by atoms with Gasteiger partial charge in [0.2, 0.25) is 0 Å². The van der Waals surface area contributed by atoms with E-state index in [1.807, 2.05) is 0 Å². The lowest BCUT2D eigenvalue weighted by atomic mass is 9.71. The molecule has 3 rings (SSSR count). The summed E-state index contributed by atoms with van der Waals surface area (Å²) in [5, 5.41) is 0. The SMILES string of the molecule is CN1CCCCC12CCCc1ccccc12. The van der Waals surface area contributed by atoms with E-state index < -0.39 is 0 Å². The Morgan fingerprint density at radius 3 is 2.75 bits per heavy atom. The van der Waals surface area contributed by atoms with Crippen LogP contribution in [0.25, 0.3) is 0 Å². The summed E-state index contributed by atoms with van der Waals surface area (Å²) in [5.41, 5.74) is 3.61. The molecular formula is C15H21N. The Hall–Kier alpha value is -0.820. The number of hydrogen-bond acceptors (Lipinski definition) is 1. The van der Waals surface area contributed by atoms with Crippen LogP contribution >= 0.6 is 0 Å². The first-order chi connectivity index (χ1) is 7.83. The van der Waals surface area contributed by atoms with Gasteiger partial charge in [0.05, 0.1) is 0 Å². The Labute approximate surface area is 98.5 Å². The van der Waals surface area contributed by atoms with E-state index in [-0.39, 0.29) is 0 Å². The minimum Gasteiger partial charge on any atom is -0.297 e. The third kappa shape index (κ3) is 1.41. The van der Waals surface area contributed by atoms with E-state index in [4.69, 9.17) is 0 Å². The molecule has 0 amide bonds. The average Bonchev–Trinajstić information content (AvgIpc) is 2.34. The molecule has 1 atom stereocenters. The Morgan fingerprint density at radius 2 is 1.88 bits per heavy atom. The van der Waals surface area contributed by atoms with Gasteiger partial charge in [-0.2, -0.15) is 0 Å². The molecule has 0 radical (unpaired) electrons. The van der Waals surface area contributed by atoms with Gasteiger partial charge >= 0.3 is 0 Å². The van der Waals surface area contributed by atoms with Gasteiger partial charge in [-0.1, -0.05) is 24.3 Å². The zero-order chi connectivity index (χ0) is 11.0. The largest absolute Gasteiger partial charge is 0.297 e. The van der Waals surface area contributed by atoms with Gasteiger partial charge in [-0.05, 0) is 63.2 Å². The van der Waals surface area contributed by atoms with Crippen LogP contribution in [0.2, 0.25) is 0 Å². The molecule has 1 fully saturated rings. The van der Waals surface area contributed by atoms with Crippen LogP contribution in [0.4, 0.5) is 0 Å². The minimum absolute atomic E-state index is 0.382. The van der Waals surface area contributed by atoms with Crippen LogP contribution in [0.1, 0.15) is 43.2 Å². The lowest BCUT2D eigenvalue weighted by Crippen LogP contribution is -2.49. The average molecular weight is 215 g/mol. The van der Waals surface area contributed by atoms with E-state index in [0.29, 0.717) is 5.54 Å². The molecular weight excluding hydrogens is 194 g/mol. The first kappa shape index (κ1) is 10.3. The Morgan fingerprint density at radius 1 is 1.06 bits per heavy atom. The van der Waals surface area contributed by atoms with Crippen molar-refractivity contribution in [3.63, 3.8) is 0 Å². The first-order valence-electron chi connectivity index (χ1n) is 6.63. The van der Waals surface area contributed by atoms with Crippen molar-refractivity contribution < 1.29 is 0 Å². The molecule has 1 aromatic rings. The van der Waals surface area contributed by atoms with Crippen molar-refractivity contribution in [2.75, 3.05) is 13.6 Å². The lowest BCUT2D eigenvalue weighted by molar-refractivity contribution is 0.0535. The number of hydrogen-bond donors (Lipinski definition) is 0. The maximum Gasteiger partial charge on any atom is 0.0460 e. The molecule has 1 unspecified atom stereocenters. The minimum atomic E-state index is 0.382. The van der Waals surface area contributed by atoms with Crippen molar-refractivity contribution in [2.45, 2.75) is 44.1 Å². The topological polar surface area (TPSA) is 3.24 Å². The molecule has 0 saturated carbocycles. The molecule has 1 aliphatic carbocycles. The monoisotopic (exact) mass is 215 g/mol. The van der Waals surface area contributed by atoms with Gasteiger partial charge in [0, 0.05) is 5.54 Å². The number of piperidine rings is 1. The molecule has 1 saturated heterocycles. The Kier molecular flexibility index (Phi) is 2.51. The second-order valence-corrected chi connectivity index (χ2v) is 5.42. The number of aryl methyl sites for hydroxylation is 1. The number of nitrogens with zero attached hydrogens (tertiary/aromatic N) is 1. The second kappa shape index (κ2) is 3.89. The summed E-state index contributed by atoms with van der Waals surface area (Å²) in [6.45, 7) is 1.27. The van der Waals surface area contributed by atoms with Gasteiger partial charge in [-0.15, -0.1) is 0 Å². The molecule has 1 heterocycles. The van der Waals surface area contributed by atoms with Crippen LogP contribution in [-0.4, -0.2) is 18.5 Å². The highest BCUT2D eigenvalue weighted by Crippen LogP contribution is 2.45. The van der Waals surface area contributed by atoms with Gasteiger partial charge in [-0.3, -0.25) is 4.90 Å². The van der Waals surface area contributed by atoms with Crippen molar-refractivity contribution >= 4 is 0 Å². The summed E-state index contributed by atoms with van der Waals surface area (Å²) in [5.74, 6) is 0. The molecule has 16 heavy (non-hydrogen) atoms. The van der Waals surface area contributed by atoms with Crippen LogP contribution in [0.3, 0.4) is 0 Å². The number of rotatable bonds is 0. The predicted octanol–water partition coefficient (Wildman–Crippen LogP) is 3.33. The fourth-order valence-electron chi connectivity index (χ4n) is 3.73. The summed E-state index contributed by atoms with van der Waals surface area (Å²) in [6, 6.07) is 9.12. The number of likely N-dealkylation sites (tertiary alicyclic amines) is 1. The molecule has 1 heteroatoms. The van der Waals surface area contributed by atoms with E-state index in [1.165, 1.54) is 45.1 Å². The zero-order valence-corrected chi connectivity index (χ0v) is 10.2. The van der Waals surface area contributed by atoms with E-state index in [0.717, 1.165) is 0 Å². The highest BCUT2D eigenvalue weighted by molar-refractivity contribution is 5.36. The van der Waals surface area contributed by atoms with Crippen molar-refractivity contribution in [3.05, 3.63) is 35.4 Å². The van der Waals surface area contributed by atoms with Crippen molar-refractivity contribution in [1.82, 2.24) is 4.90 Å². The van der Waals surface area contributed by atoms with E-state index in [9.17, 15) is 0 Å². The maximum atomic E-state index is 2.62. The van der Waals surface area contributed by atoms with Gasteiger partial charge in [-0.25, -0.2) is 0 Å². The lowest BCUT2D eigenvalue weighted by Gasteiger charge is -2.49. The third-order valence-electron chi connectivity index (χ3n) is 4.62. The molecule has 1 nitrogen and oxygen atoms in total. The summed E-state index contributed by atoms with van der Waals surface area (Å²) in [4.78, 5) is 2.62. The molecule has 1 aromatic carbocycles. The van der Waals surface area contributed by atoms with E-state index in [1.54, 1.807) is 11.1 Å². The predicted molar refractivity (Wildman–Crippen MR) is 67.5 cm³/mol. The quantitative estimate of drug-likeness (QED) is 0.641. The summed E-state index contributed by atoms with van der Waals surface area (Å²) in [7, 11) is 2.32. The smallest absolute Gasteiger partial charge is 0.0460 e. The van der Waals surface area contributed by atoms with Crippen molar-refractivity contribution in [2.24, 2.45) is 0 Å². The second-order valence-electron chi connectivity index (χ2n) is 5.42. The van der Waals surface area contributed by atoms with E-state index in [2.05, 4.69) is 36.2 Å². The molecule has 0 bridgehead atoms. The van der Waals surface area contributed by atoms with Crippen molar-refractivity contribution in [3.8, 4) is 0 Å². The molecule has 0 aromatic heterocycles. The fraction of sp³-hybridized carbons (Fsp3) is 0.600. The number of benzene rings is 1. The van der Waals surface area contributed by atoms with Crippen LogP contribution in [0.5, 0.6) is 0 Å².